The van der Waals surface area contributed by atoms with Crippen molar-refractivity contribution in [1.29, 1.82) is 0 Å². The van der Waals surface area contributed by atoms with Gasteiger partial charge in [-0.25, -0.2) is 4.98 Å². The van der Waals surface area contributed by atoms with E-state index < -0.39 is 11.7 Å². The molecule has 3 nitrogen and oxygen atoms in total. The lowest BCUT2D eigenvalue weighted by Crippen LogP contribution is -2.09. The molecule has 1 rings (SSSR count). The van der Waals surface area contributed by atoms with E-state index in [0.717, 1.165) is 18.6 Å². The van der Waals surface area contributed by atoms with E-state index >= 15 is 0 Å². The lowest BCUT2D eigenvalue weighted by atomic mass is 10.2. The molecule has 0 bridgehead atoms. The van der Waals surface area contributed by atoms with Crippen LogP contribution in [0.5, 0.6) is 0 Å². The molecule has 0 aliphatic rings. The lowest BCUT2D eigenvalue weighted by molar-refractivity contribution is -0.137. The standard InChI is InChI=1S/C12H17F3N2OS/c1-2-4-16-10-7-9(12(13,14)15)8-11(17-10)19-6-3-5-18/h7-8,18H,2-6H2,1H3,(H,16,17). The first-order valence-corrected chi connectivity index (χ1v) is 7.02. The number of anilines is 1. The number of pyridine rings is 1. The fourth-order valence-electron chi connectivity index (χ4n) is 1.33. The van der Waals surface area contributed by atoms with Gasteiger partial charge in [-0.05, 0) is 25.0 Å². The fraction of sp³-hybridized carbons (Fsp3) is 0.583. The van der Waals surface area contributed by atoms with Crippen LogP contribution >= 0.6 is 11.8 Å². The third kappa shape index (κ3) is 5.69. The first kappa shape index (κ1) is 16.1. The molecule has 2 N–H and O–H groups in total. The highest BCUT2D eigenvalue weighted by molar-refractivity contribution is 7.99. The summed E-state index contributed by atoms with van der Waals surface area (Å²) in [6, 6.07) is 2.06. The SMILES string of the molecule is CCCNc1cc(C(F)(F)F)cc(SCCCO)n1. The average Bonchev–Trinajstić information content (AvgIpc) is 2.35. The van der Waals surface area contributed by atoms with Crippen LogP contribution in [0.15, 0.2) is 17.2 Å². The Bertz CT molecular complexity index is 399. The van der Waals surface area contributed by atoms with E-state index in [1.807, 2.05) is 6.92 Å². The van der Waals surface area contributed by atoms with Crippen LogP contribution in [0, 0.1) is 0 Å². The van der Waals surface area contributed by atoms with Crippen molar-refractivity contribution in [3.05, 3.63) is 17.7 Å². The molecule has 7 heteroatoms. The van der Waals surface area contributed by atoms with Gasteiger partial charge in [0.1, 0.15) is 5.82 Å². The molecular weight excluding hydrogens is 277 g/mol. The summed E-state index contributed by atoms with van der Waals surface area (Å²) in [6.45, 7) is 2.53. The summed E-state index contributed by atoms with van der Waals surface area (Å²) in [5.74, 6) is 0.779. The van der Waals surface area contributed by atoms with Crippen molar-refractivity contribution in [1.82, 2.24) is 4.98 Å². The highest BCUT2D eigenvalue weighted by Gasteiger charge is 2.31. The van der Waals surface area contributed by atoms with Gasteiger partial charge in [-0.2, -0.15) is 13.2 Å². The Morgan fingerprint density at radius 3 is 2.68 bits per heavy atom. The summed E-state index contributed by atoms with van der Waals surface area (Å²) in [5.41, 5.74) is -0.701. The van der Waals surface area contributed by atoms with E-state index in [9.17, 15) is 13.2 Å². The number of aliphatic hydroxyl groups is 1. The highest BCUT2D eigenvalue weighted by atomic mass is 32.2. The smallest absolute Gasteiger partial charge is 0.396 e. The molecule has 108 valence electrons. The Kier molecular flexibility index (Phi) is 6.44. The summed E-state index contributed by atoms with van der Waals surface area (Å²) in [7, 11) is 0. The zero-order valence-corrected chi connectivity index (χ0v) is 11.4. The van der Waals surface area contributed by atoms with Crippen molar-refractivity contribution >= 4 is 17.6 Å². The molecule has 1 heterocycles. The van der Waals surface area contributed by atoms with E-state index in [1.54, 1.807) is 0 Å². The van der Waals surface area contributed by atoms with Crippen molar-refractivity contribution in [2.75, 3.05) is 24.2 Å². The van der Waals surface area contributed by atoms with Crippen molar-refractivity contribution in [3.8, 4) is 0 Å². The van der Waals surface area contributed by atoms with Gasteiger partial charge < -0.3 is 10.4 Å². The first-order valence-electron chi connectivity index (χ1n) is 6.04. The second-order valence-corrected chi connectivity index (χ2v) is 5.04. The molecule has 0 aliphatic heterocycles. The van der Waals surface area contributed by atoms with Gasteiger partial charge in [-0.3, -0.25) is 0 Å². The zero-order valence-electron chi connectivity index (χ0n) is 10.6. The molecular formula is C12H17F3N2OS. The van der Waals surface area contributed by atoms with Crippen molar-refractivity contribution in [2.45, 2.75) is 31.0 Å². The molecule has 0 aromatic carbocycles. The number of nitrogens with zero attached hydrogens (tertiary/aromatic N) is 1. The third-order valence-electron chi connectivity index (χ3n) is 2.24. The Morgan fingerprint density at radius 2 is 2.11 bits per heavy atom. The maximum Gasteiger partial charge on any atom is 0.416 e. The van der Waals surface area contributed by atoms with Crippen LogP contribution in [0.4, 0.5) is 19.0 Å². The minimum atomic E-state index is -4.38. The van der Waals surface area contributed by atoms with Crippen molar-refractivity contribution in [3.63, 3.8) is 0 Å². The molecule has 0 radical (unpaired) electrons. The number of halogens is 3. The first-order chi connectivity index (χ1) is 8.97. The maximum atomic E-state index is 12.8. The number of aromatic nitrogens is 1. The van der Waals surface area contributed by atoms with Gasteiger partial charge in [0, 0.05) is 18.9 Å². The molecule has 1 aromatic heterocycles. The van der Waals surface area contributed by atoms with Crippen LogP contribution < -0.4 is 5.32 Å². The topological polar surface area (TPSA) is 45.1 Å². The van der Waals surface area contributed by atoms with Gasteiger partial charge in [0.25, 0.3) is 0 Å². The number of rotatable bonds is 7. The quantitative estimate of drug-likeness (QED) is 0.597. The van der Waals surface area contributed by atoms with E-state index in [0.29, 0.717) is 23.7 Å². The minimum absolute atomic E-state index is 0.0207. The molecule has 0 fully saturated rings. The molecule has 0 saturated carbocycles. The van der Waals surface area contributed by atoms with Gasteiger partial charge in [0.05, 0.1) is 10.6 Å². The van der Waals surface area contributed by atoms with Gasteiger partial charge >= 0.3 is 6.18 Å². The van der Waals surface area contributed by atoms with Gasteiger partial charge in [0.2, 0.25) is 0 Å². The molecule has 0 spiro atoms. The van der Waals surface area contributed by atoms with Crippen LogP contribution in [0.2, 0.25) is 0 Å². The largest absolute Gasteiger partial charge is 0.416 e. The summed E-state index contributed by atoms with van der Waals surface area (Å²) < 4.78 is 38.3. The third-order valence-corrected chi connectivity index (χ3v) is 3.24. The van der Waals surface area contributed by atoms with E-state index in [4.69, 9.17) is 5.11 Å². The summed E-state index contributed by atoms with van der Waals surface area (Å²) in [4.78, 5) is 4.13. The van der Waals surface area contributed by atoms with Crippen LogP contribution in [0.3, 0.4) is 0 Å². The van der Waals surface area contributed by atoms with E-state index in [1.165, 1.54) is 11.8 Å². The predicted octanol–water partition coefficient (Wildman–Crippen LogP) is 3.40. The van der Waals surface area contributed by atoms with E-state index in [2.05, 4.69) is 10.3 Å². The highest BCUT2D eigenvalue weighted by Crippen LogP contribution is 2.33. The van der Waals surface area contributed by atoms with Crippen LogP contribution in [-0.2, 0) is 6.18 Å². The number of nitrogens with one attached hydrogen (secondary N) is 1. The monoisotopic (exact) mass is 294 g/mol. The second-order valence-electron chi connectivity index (χ2n) is 3.93. The molecule has 0 aliphatic carbocycles. The maximum absolute atomic E-state index is 12.8. The Labute approximate surface area is 114 Å². The van der Waals surface area contributed by atoms with Gasteiger partial charge in [0.15, 0.2) is 0 Å². The van der Waals surface area contributed by atoms with Crippen LogP contribution in [0.1, 0.15) is 25.3 Å². The minimum Gasteiger partial charge on any atom is -0.396 e. The average molecular weight is 294 g/mol. The molecule has 0 atom stereocenters. The van der Waals surface area contributed by atoms with Gasteiger partial charge in [-0.1, -0.05) is 6.92 Å². The molecule has 1 aromatic rings. The fourth-order valence-corrected chi connectivity index (χ4v) is 2.18. The second kappa shape index (κ2) is 7.59. The Balaban J connectivity index is 2.89. The van der Waals surface area contributed by atoms with Crippen LogP contribution in [0.25, 0.3) is 0 Å². The van der Waals surface area contributed by atoms with Gasteiger partial charge in [-0.15, -0.1) is 11.8 Å². The molecule has 0 unspecified atom stereocenters. The van der Waals surface area contributed by atoms with Crippen molar-refractivity contribution < 1.29 is 18.3 Å². The van der Waals surface area contributed by atoms with Crippen molar-refractivity contribution in [2.24, 2.45) is 0 Å². The summed E-state index contributed by atoms with van der Waals surface area (Å²) in [5, 5.41) is 11.9. The Morgan fingerprint density at radius 1 is 1.37 bits per heavy atom. The predicted molar refractivity (Wildman–Crippen MR) is 70.4 cm³/mol. The number of thioether (sulfide) groups is 1. The summed E-state index contributed by atoms with van der Waals surface area (Å²) >= 11 is 1.21. The number of hydrogen-bond donors (Lipinski definition) is 2. The molecule has 0 saturated heterocycles. The Hall–Kier alpha value is -0.950. The molecule has 19 heavy (non-hydrogen) atoms. The summed E-state index contributed by atoms with van der Waals surface area (Å²) in [6.07, 6.45) is -3.04. The van der Waals surface area contributed by atoms with Crippen LogP contribution in [-0.4, -0.2) is 29.0 Å². The molecule has 0 amide bonds. The zero-order chi connectivity index (χ0) is 14.3. The lowest BCUT2D eigenvalue weighted by Gasteiger charge is -2.12. The number of alkyl halides is 3. The normalized spacial score (nSPS) is 11.6. The number of aliphatic hydroxyl groups excluding tert-OH is 1. The van der Waals surface area contributed by atoms with E-state index in [-0.39, 0.29) is 12.4 Å². The number of hydrogen-bond acceptors (Lipinski definition) is 4.